The van der Waals surface area contributed by atoms with Crippen LogP contribution in [0.1, 0.15) is 30.2 Å². The minimum absolute atomic E-state index is 0.338. The molecule has 1 unspecified atom stereocenters. The van der Waals surface area contributed by atoms with Crippen LogP contribution < -0.4 is 5.32 Å². The van der Waals surface area contributed by atoms with Gasteiger partial charge in [0.15, 0.2) is 0 Å². The van der Waals surface area contributed by atoms with Gasteiger partial charge in [-0.25, -0.2) is 0 Å². The van der Waals surface area contributed by atoms with Crippen LogP contribution in [0.3, 0.4) is 0 Å². The van der Waals surface area contributed by atoms with Gasteiger partial charge in [0.2, 0.25) is 0 Å². The molecule has 3 rings (SSSR count). The number of benzene rings is 1. The van der Waals surface area contributed by atoms with Crippen molar-refractivity contribution in [2.24, 2.45) is 0 Å². The minimum Gasteiger partial charge on any atom is -0.468 e. The van der Waals surface area contributed by atoms with Gasteiger partial charge in [0.1, 0.15) is 5.76 Å². The Morgan fingerprint density at radius 1 is 1.14 bits per heavy atom. The highest BCUT2D eigenvalue weighted by Crippen LogP contribution is 2.25. The average Bonchev–Trinajstić information content (AvgIpc) is 3.19. The molecular formula is C17H21BrN2O. The third-order valence-corrected chi connectivity index (χ3v) is 4.84. The smallest absolute Gasteiger partial charge is 0.122 e. The number of likely N-dealkylation sites (tertiary alicyclic amines) is 1. The van der Waals surface area contributed by atoms with Crippen LogP contribution in [0.5, 0.6) is 0 Å². The van der Waals surface area contributed by atoms with Crippen molar-refractivity contribution >= 4 is 15.9 Å². The van der Waals surface area contributed by atoms with Crippen LogP contribution in [0.25, 0.3) is 0 Å². The molecule has 0 radical (unpaired) electrons. The van der Waals surface area contributed by atoms with Gasteiger partial charge in [0.05, 0.1) is 12.3 Å². The number of rotatable bonds is 6. The van der Waals surface area contributed by atoms with Crippen LogP contribution in [-0.4, -0.2) is 24.5 Å². The number of nitrogens with zero attached hydrogens (tertiary/aromatic N) is 1. The first-order valence-electron chi connectivity index (χ1n) is 7.56. The molecule has 1 saturated heterocycles. The van der Waals surface area contributed by atoms with E-state index in [2.05, 4.69) is 50.4 Å². The van der Waals surface area contributed by atoms with E-state index in [1.54, 1.807) is 6.26 Å². The Balaban J connectivity index is 1.61. The van der Waals surface area contributed by atoms with Crippen LogP contribution in [0, 0.1) is 0 Å². The Morgan fingerprint density at radius 2 is 1.95 bits per heavy atom. The standard InChI is InChI=1S/C17H21BrN2O/c18-15-7-2-1-6-14(15)12-19-13-16(17-8-5-11-21-17)20-9-3-4-10-20/h1-2,5-8,11,16,19H,3-4,9-10,12-13H2. The first-order chi connectivity index (χ1) is 10.3. The van der Waals surface area contributed by atoms with E-state index in [1.807, 2.05) is 12.1 Å². The number of halogens is 1. The molecule has 4 heteroatoms. The second-order valence-electron chi connectivity index (χ2n) is 5.50. The number of hydrogen-bond donors (Lipinski definition) is 1. The predicted molar refractivity (Wildman–Crippen MR) is 88.1 cm³/mol. The van der Waals surface area contributed by atoms with E-state index in [4.69, 9.17) is 4.42 Å². The molecule has 1 N–H and O–H groups in total. The van der Waals surface area contributed by atoms with Gasteiger partial charge in [-0.2, -0.15) is 0 Å². The molecule has 0 spiro atoms. The molecule has 1 aliphatic rings. The third kappa shape index (κ3) is 3.76. The van der Waals surface area contributed by atoms with Gasteiger partial charge in [0.25, 0.3) is 0 Å². The van der Waals surface area contributed by atoms with Crippen LogP contribution in [0.4, 0.5) is 0 Å². The second-order valence-corrected chi connectivity index (χ2v) is 6.35. The summed E-state index contributed by atoms with van der Waals surface area (Å²) in [6, 6.07) is 12.8. The molecule has 0 aliphatic carbocycles. The van der Waals surface area contributed by atoms with Gasteiger partial charge in [0, 0.05) is 17.6 Å². The van der Waals surface area contributed by atoms with Crippen LogP contribution in [-0.2, 0) is 6.54 Å². The molecule has 2 heterocycles. The van der Waals surface area contributed by atoms with Crippen molar-refractivity contribution in [2.45, 2.75) is 25.4 Å². The summed E-state index contributed by atoms with van der Waals surface area (Å²) in [5.41, 5.74) is 1.29. The van der Waals surface area contributed by atoms with E-state index in [9.17, 15) is 0 Å². The maximum absolute atomic E-state index is 5.64. The van der Waals surface area contributed by atoms with Crippen molar-refractivity contribution in [3.63, 3.8) is 0 Å². The van der Waals surface area contributed by atoms with Gasteiger partial charge in [-0.05, 0) is 49.7 Å². The normalized spacial score (nSPS) is 17.2. The summed E-state index contributed by atoms with van der Waals surface area (Å²) in [6.45, 7) is 4.12. The maximum atomic E-state index is 5.64. The molecule has 112 valence electrons. The fourth-order valence-corrected chi connectivity index (χ4v) is 3.35. The molecule has 0 amide bonds. The highest BCUT2D eigenvalue weighted by atomic mass is 79.9. The summed E-state index contributed by atoms with van der Waals surface area (Å²) in [5, 5.41) is 3.58. The molecule has 1 aromatic heterocycles. The van der Waals surface area contributed by atoms with Crippen LogP contribution >= 0.6 is 15.9 Å². The van der Waals surface area contributed by atoms with Crippen molar-refractivity contribution in [3.8, 4) is 0 Å². The summed E-state index contributed by atoms with van der Waals surface area (Å²) in [4.78, 5) is 2.52. The number of furan rings is 1. The Hall–Kier alpha value is -1.10. The predicted octanol–water partition coefficient (Wildman–Crippen LogP) is 3.97. The molecule has 1 atom stereocenters. The molecule has 3 nitrogen and oxygen atoms in total. The van der Waals surface area contributed by atoms with Crippen molar-refractivity contribution in [2.75, 3.05) is 19.6 Å². The zero-order valence-corrected chi connectivity index (χ0v) is 13.7. The summed E-state index contributed by atoms with van der Waals surface area (Å²) in [7, 11) is 0. The molecule has 1 fully saturated rings. The number of nitrogens with one attached hydrogen (secondary N) is 1. The monoisotopic (exact) mass is 348 g/mol. The van der Waals surface area contributed by atoms with Crippen molar-refractivity contribution in [3.05, 3.63) is 58.5 Å². The topological polar surface area (TPSA) is 28.4 Å². The average molecular weight is 349 g/mol. The quantitative estimate of drug-likeness (QED) is 0.856. The van der Waals surface area contributed by atoms with Crippen molar-refractivity contribution in [1.29, 1.82) is 0 Å². The van der Waals surface area contributed by atoms with Crippen molar-refractivity contribution < 1.29 is 4.42 Å². The molecule has 0 saturated carbocycles. The molecule has 0 bridgehead atoms. The fraction of sp³-hybridized carbons (Fsp3) is 0.412. The Bertz CT molecular complexity index is 550. The zero-order chi connectivity index (χ0) is 14.5. The highest BCUT2D eigenvalue weighted by molar-refractivity contribution is 9.10. The molecule has 2 aromatic rings. The Labute approximate surface area is 134 Å². The lowest BCUT2D eigenvalue weighted by Crippen LogP contribution is -2.33. The lowest BCUT2D eigenvalue weighted by molar-refractivity contribution is 0.209. The minimum atomic E-state index is 0.338. The second kappa shape index (κ2) is 7.25. The Morgan fingerprint density at radius 3 is 2.67 bits per heavy atom. The van der Waals surface area contributed by atoms with E-state index in [0.717, 1.165) is 23.3 Å². The van der Waals surface area contributed by atoms with Gasteiger partial charge in [-0.3, -0.25) is 4.90 Å². The highest BCUT2D eigenvalue weighted by Gasteiger charge is 2.25. The summed E-state index contributed by atoms with van der Waals surface area (Å²) < 4.78 is 6.80. The van der Waals surface area contributed by atoms with Gasteiger partial charge >= 0.3 is 0 Å². The molecular weight excluding hydrogens is 328 g/mol. The maximum Gasteiger partial charge on any atom is 0.122 e. The fourth-order valence-electron chi connectivity index (χ4n) is 2.93. The van der Waals surface area contributed by atoms with E-state index in [1.165, 1.54) is 31.5 Å². The number of hydrogen-bond acceptors (Lipinski definition) is 3. The van der Waals surface area contributed by atoms with E-state index < -0.39 is 0 Å². The Kier molecular flexibility index (Phi) is 5.12. The van der Waals surface area contributed by atoms with Crippen LogP contribution in [0.2, 0.25) is 0 Å². The molecule has 1 aliphatic heterocycles. The molecule has 21 heavy (non-hydrogen) atoms. The first kappa shape index (κ1) is 14.8. The van der Waals surface area contributed by atoms with Crippen molar-refractivity contribution in [1.82, 2.24) is 10.2 Å². The van der Waals surface area contributed by atoms with E-state index in [0.29, 0.717) is 6.04 Å². The lowest BCUT2D eigenvalue weighted by Gasteiger charge is -2.26. The van der Waals surface area contributed by atoms with Gasteiger partial charge in [-0.15, -0.1) is 0 Å². The summed E-state index contributed by atoms with van der Waals surface area (Å²) in [5.74, 6) is 1.07. The van der Waals surface area contributed by atoms with E-state index >= 15 is 0 Å². The lowest BCUT2D eigenvalue weighted by atomic mass is 10.1. The largest absolute Gasteiger partial charge is 0.468 e. The van der Waals surface area contributed by atoms with E-state index in [-0.39, 0.29) is 0 Å². The first-order valence-corrected chi connectivity index (χ1v) is 8.35. The SMILES string of the molecule is Brc1ccccc1CNCC(c1ccco1)N1CCCC1. The summed E-state index contributed by atoms with van der Waals surface area (Å²) in [6.07, 6.45) is 4.36. The van der Waals surface area contributed by atoms with Gasteiger partial charge < -0.3 is 9.73 Å². The third-order valence-electron chi connectivity index (χ3n) is 4.06. The zero-order valence-electron chi connectivity index (χ0n) is 12.1. The summed E-state index contributed by atoms with van der Waals surface area (Å²) >= 11 is 3.60. The van der Waals surface area contributed by atoms with Crippen LogP contribution in [0.15, 0.2) is 51.6 Å². The van der Waals surface area contributed by atoms with Gasteiger partial charge in [-0.1, -0.05) is 34.1 Å². The molecule has 1 aromatic carbocycles.